The molecule has 0 bridgehead atoms. The third kappa shape index (κ3) is 2.98. The fraction of sp³-hybridized carbons (Fsp3) is 0.381. The Morgan fingerprint density at radius 3 is 2.73 bits per heavy atom. The zero-order chi connectivity index (χ0) is 18.3. The summed E-state index contributed by atoms with van der Waals surface area (Å²) in [5.41, 5.74) is 11.5. The molecule has 5 nitrogen and oxygen atoms in total. The number of carbonyl (C=O) groups is 1. The Bertz CT molecular complexity index is 983. The Hall–Kier alpha value is -2.69. The predicted octanol–water partition coefficient (Wildman–Crippen LogP) is 3.92. The van der Waals surface area contributed by atoms with Crippen LogP contribution < -0.4 is 5.73 Å². The average Bonchev–Trinajstić information content (AvgIpc) is 3.23. The number of hydrogen-bond donors (Lipinski definition) is 2. The molecule has 26 heavy (non-hydrogen) atoms. The number of rotatable bonds is 4. The summed E-state index contributed by atoms with van der Waals surface area (Å²) in [6, 6.07) is 6.51. The summed E-state index contributed by atoms with van der Waals surface area (Å²) in [6.07, 6.45) is 7.42. The zero-order valence-corrected chi connectivity index (χ0v) is 15.3. The Kier molecular flexibility index (Phi) is 4.23. The van der Waals surface area contributed by atoms with E-state index in [1.165, 1.54) is 59.6 Å². The van der Waals surface area contributed by atoms with Crippen molar-refractivity contribution in [2.24, 2.45) is 5.73 Å². The van der Waals surface area contributed by atoms with Crippen molar-refractivity contribution in [2.75, 3.05) is 0 Å². The number of carbonyl (C=O) groups excluding carboxylic acids is 1. The van der Waals surface area contributed by atoms with E-state index in [1.807, 2.05) is 0 Å². The van der Waals surface area contributed by atoms with Crippen LogP contribution in [0.5, 0.6) is 0 Å². The van der Waals surface area contributed by atoms with E-state index in [0.29, 0.717) is 29.4 Å². The van der Waals surface area contributed by atoms with Gasteiger partial charge >= 0.3 is 0 Å². The van der Waals surface area contributed by atoms with Gasteiger partial charge in [-0.1, -0.05) is 18.9 Å². The number of nitrogens with one attached hydrogen (secondary N) is 1. The number of fused-ring (bicyclic) bond motifs is 1. The van der Waals surface area contributed by atoms with Crippen LogP contribution in [0.4, 0.5) is 0 Å². The summed E-state index contributed by atoms with van der Waals surface area (Å²) < 4.78 is 0. The fourth-order valence-electron chi connectivity index (χ4n) is 4.15. The summed E-state index contributed by atoms with van der Waals surface area (Å²) in [7, 11) is 0. The number of nitrogens with two attached hydrogens (primary N) is 1. The van der Waals surface area contributed by atoms with Crippen LogP contribution in [0.2, 0.25) is 0 Å². The molecule has 134 valence electrons. The molecule has 0 atom stereocenters. The first-order valence-electron chi connectivity index (χ1n) is 9.26. The highest BCUT2D eigenvalue weighted by Gasteiger charge is 2.21. The summed E-state index contributed by atoms with van der Waals surface area (Å²) in [4.78, 5) is 23.7. The average molecular weight is 348 g/mol. The lowest BCUT2D eigenvalue weighted by atomic mass is 9.99. The highest BCUT2D eigenvalue weighted by atomic mass is 16.1. The van der Waals surface area contributed by atoms with Gasteiger partial charge in [-0.3, -0.25) is 4.79 Å². The maximum absolute atomic E-state index is 11.3. The number of amides is 1. The molecule has 0 aliphatic heterocycles. The molecule has 3 aromatic rings. The number of benzene rings is 1. The monoisotopic (exact) mass is 348 g/mol. The highest BCUT2D eigenvalue weighted by molar-refractivity contribution is 5.93. The van der Waals surface area contributed by atoms with Crippen molar-refractivity contribution < 1.29 is 4.79 Å². The molecule has 1 aromatic carbocycles. The lowest BCUT2D eigenvalue weighted by Gasteiger charge is -2.07. The maximum atomic E-state index is 11.3. The predicted molar refractivity (Wildman–Crippen MR) is 102 cm³/mol. The van der Waals surface area contributed by atoms with Crippen molar-refractivity contribution in [3.8, 4) is 0 Å². The molecule has 1 amide bonds. The van der Waals surface area contributed by atoms with Gasteiger partial charge in [0.15, 0.2) is 0 Å². The first kappa shape index (κ1) is 16.8. The van der Waals surface area contributed by atoms with Gasteiger partial charge in [-0.15, -0.1) is 0 Å². The molecule has 4 rings (SSSR count). The van der Waals surface area contributed by atoms with E-state index in [9.17, 15) is 4.79 Å². The molecule has 2 heterocycles. The van der Waals surface area contributed by atoms with Crippen molar-refractivity contribution in [2.45, 2.75) is 51.9 Å². The van der Waals surface area contributed by atoms with E-state index in [1.54, 1.807) is 6.92 Å². The number of aryl methyl sites for hydroxylation is 2. The summed E-state index contributed by atoms with van der Waals surface area (Å²) in [6.45, 7) is 4.01. The maximum Gasteiger partial charge on any atom is 0.252 e. The number of H-pyrrole nitrogens is 1. The van der Waals surface area contributed by atoms with E-state index in [0.717, 1.165) is 0 Å². The molecule has 1 aliphatic carbocycles. The largest absolute Gasteiger partial charge is 0.365 e. The molecule has 0 unspecified atom stereocenters. The minimum Gasteiger partial charge on any atom is -0.365 e. The van der Waals surface area contributed by atoms with Crippen molar-refractivity contribution in [1.29, 1.82) is 0 Å². The molecular formula is C21H24N4O. The van der Waals surface area contributed by atoms with E-state index >= 15 is 0 Å². The van der Waals surface area contributed by atoms with Crippen molar-refractivity contribution in [1.82, 2.24) is 15.0 Å². The van der Waals surface area contributed by atoms with Gasteiger partial charge in [-0.25, -0.2) is 9.97 Å². The van der Waals surface area contributed by atoms with Gasteiger partial charge in [-0.2, -0.15) is 0 Å². The van der Waals surface area contributed by atoms with Crippen molar-refractivity contribution in [3.05, 3.63) is 58.3 Å². The van der Waals surface area contributed by atoms with Crippen LogP contribution in [-0.2, 0) is 6.42 Å². The second kappa shape index (κ2) is 6.56. The first-order valence-corrected chi connectivity index (χ1v) is 9.26. The van der Waals surface area contributed by atoms with Crippen LogP contribution in [0.15, 0.2) is 24.4 Å². The molecular weight excluding hydrogens is 324 g/mol. The Balaban J connectivity index is 1.64. The van der Waals surface area contributed by atoms with Gasteiger partial charge in [0, 0.05) is 29.2 Å². The van der Waals surface area contributed by atoms with Gasteiger partial charge in [0.2, 0.25) is 0 Å². The molecule has 3 N–H and O–H groups in total. The number of hydrogen-bond acceptors (Lipinski definition) is 3. The second-order valence-corrected chi connectivity index (χ2v) is 7.35. The number of primary amides is 1. The van der Waals surface area contributed by atoms with E-state index in [2.05, 4.69) is 40.1 Å². The molecule has 0 radical (unpaired) electrons. The standard InChI is InChI=1S/C21H24N4O/c1-12-16-9-14(10-19-23-11-17(21(22)26)13(2)24-19)7-8-18(16)25-20(12)15-5-3-4-6-15/h7-9,11,15,25H,3-6,10H2,1-2H3,(H2,22,26). The lowest BCUT2D eigenvalue weighted by Crippen LogP contribution is -2.15. The van der Waals surface area contributed by atoms with Crippen LogP contribution >= 0.6 is 0 Å². The Morgan fingerprint density at radius 2 is 2.04 bits per heavy atom. The summed E-state index contributed by atoms with van der Waals surface area (Å²) in [5.74, 6) is 0.895. The molecule has 1 saturated carbocycles. The number of nitrogens with zero attached hydrogens (tertiary/aromatic N) is 2. The lowest BCUT2D eigenvalue weighted by molar-refractivity contribution is 0.0999. The molecule has 2 aromatic heterocycles. The minimum atomic E-state index is -0.488. The van der Waals surface area contributed by atoms with E-state index < -0.39 is 5.91 Å². The molecule has 5 heteroatoms. The van der Waals surface area contributed by atoms with Crippen LogP contribution in [0, 0.1) is 13.8 Å². The highest BCUT2D eigenvalue weighted by Crippen LogP contribution is 2.37. The van der Waals surface area contributed by atoms with Crippen LogP contribution in [-0.4, -0.2) is 20.9 Å². The Morgan fingerprint density at radius 1 is 1.27 bits per heavy atom. The Labute approximate surface area is 153 Å². The fourth-order valence-corrected chi connectivity index (χ4v) is 4.15. The normalized spacial score (nSPS) is 15.0. The third-order valence-corrected chi connectivity index (χ3v) is 5.58. The van der Waals surface area contributed by atoms with Crippen LogP contribution in [0.1, 0.15) is 70.3 Å². The summed E-state index contributed by atoms with van der Waals surface area (Å²) >= 11 is 0. The second-order valence-electron chi connectivity index (χ2n) is 7.35. The van der Waals surface area contributed by atoms with E-state index in [4.69, 9.17) is 5.73 Å². The van der Waals surface area contributed by atoms with Gasteiger partial charge in [0.1, 0.15) is 5.82 Å². The number of aromatic amines is 1. The van der Waals surface area contributed by atoms with Gasteiger partial charge in [0.05, 0.1) is 11.3 Å². The SMILES string of the molecule is Cc1nc(Cc2ccc3[nH]c(C4CCCC4)c(C)c3c2)ncc1C(N)=O. The quantitative estimate of drug-likeness (QED) is 0.749. The molecule has 1 aliphatic rings. The third-order valence-electron chi connectivity index (χ3n) is 5.58. The molecule has 0 saturated heterocycles. The van der Waals surface area contributed by atoms with Crippen LogP contribution in [0.3, 0.4) is 0 Å². The van der Waals surface area contributed by atoms with Gasteiger partial charge in [-0.05, 0) is 55.9 Å². The smallest absolute Gasteiger partial charge is 0.252 e. The van der Waals surface area contributed by atoms with Crippen molar-refractivity contribution in [3.63, 3.8) is 0 Å². The molecule has 1 fully saturated rings. The van der Waals surface area contributed by atoms with E-state index in [-0.39, 0.29) is 0 Å². The van der Waals surface area contributed by atoms with Crippen molar-refractivity contribution >= 4 is 16.8 Å². The van der Waals surface area contributed by atoms with Crippen LogP contribution in [0.25, 0.3) is 10.9 Å². The summed E-state index contributed by atoms with van der Waals surface area (Å²) in [5, 5.41) is 1.29. The topological polar surface area (TPSA) is 84.7 Å². The minimum absolute atomic E-state index is 0.381. The molecule has 0 spiro atoms. The van der Waals surface area contributed by atoms with Gasteiger partial charge < -0.3 is 10.7 Å². The first-order chi connectivity index (χ1) is 12.5. The zero-order valence-electron chi connectivity index (χ0n) is 15.3. The van der Waals surface area contributed by atoms with Gasteiger partial charge in [0.25, 0.3) is 5.91 Å². The number of aromatic nitrogens is 3.